The number of rotatable bonds is 6. The van der Waals surface area contributed by atoms with Crippen LogP contribution in [-0.2, 0) is 10.0 Å². The predicted octanol–water partition coefficient (Wildman–Crippen LogP) is 2.71. The van der Waals surface area contributed by atoms with Crippen molar-refractivity contribution in [2.75, 3.05) is 14.2 Å². The summed E-state index contributed by atoms with van der Waals surface area (Å²) < 4.78 is 34.9. The summed E-state index contributed by atoms with van der Waals surface area (Å²) in [4.78, 5) is 2.41. The van der Waals surface area contributed by atoms with Gasteiger partial charge in [0.15, 0.2) is 0 Å². The minimum absolute atomic E-state index is 0.160. The van der Waals surface area contributed by atoms with E-state index in [-0.39, 0.29) is 4.90 Å². The third kappa shape index (κ3) is 4.26. The summed E-state index contributed by atoms with van der Waals surface area (Å²) in [6, 6.07) is 11.8. The number of sulfonamides is 1. The Morgan fingerprint density at radius 1 is 1.00 bits per heavy atom. The monoisotopic (exact) mass is 348 g/mol. The van der Waals surface area contributed by atoms with Crippen molar-refractivity contribution >= 4 is 15.7 Å². The van der Waals surface area contributed by atoms with Crippen molar-refractivity contribution in [2.24, 2.45) is 5.10 Å². The molecular formula is C17H20N2O4S. The van der Waals surface area contributed by atoms with Crippen LogP contribution in [0.3, 0.4) is 0 Å². The lowest BCUT2D eigenvalue weighted by Gasteiger charge is -2.09. The molecule has 2 aromatic rings. The lowest BCUT2D eigenvalue weighted by Crippen LogP contribution is -2.20. The molecule has 2 rings (SSSR count). The van der Waals surface area contributed by atoms with Crippen LogP contribution < -0.4 is 14.3 Å². The molecule has 0 aliphatic heterocycles. The average molecular weight is 348 g/mol. The highest BCUT2D eigenvalue weighted by Gasteiger charge is 2.13. The molecular weight excluding hydrogens is 328 g/mol. The van der Waals surface area contributed by atoms with Gasteiger partial charge in [0.05, 0.1) is 24.8 Å². The number of nitrogens with one attached hydrogen (secondary N) is 1. The van der Waals surface area contributed by atoms with Gasteiger partial charge in [-0.2, -0.15) is 18.4 Å². The number of ether oxygens (including phenoxy) is 2. The molecule has 0 heterocycles. The zero-order valence-corrected chi connectivity index (χ0v) is 14.8. The second-order valence-electron chi connectivity index (χ2n) is 5.21. The van der Waals surface area contributed by atoms with Gasteiger partial charge in [-0.25, -0.2) is 0 Å². The zero-order chi connectivity index (χ0) is 17.7. The van der Waals surface area contributed by atoms with Crippen LogP contribution in [0.15, 0.2) is 52.5 Å². The van der Waals surface area contributed by atoms with Crippen molar-refractivity contribution in [2.45, 2.75) is 18.7 Å². The summed E-state index contributed by atoms with van der Waals surface area (Å²) in [5.41, 5.74) is 2.16. The molecule has 0 atom stereocenters. The number of nitrogens with zero attached hydrogens (tertiary/aromatic N) is 1. The molecule has 0 radical (unpaired) electrons. The highest BCUT2D eigenvalue weighted by Crippen LogP contribution is 2.23. The first-order valence-electron chi connectivity index (χ1n) is 7.22. The van der Waals surface area contributed by atoms with E-state index in [1.165, 1.54) is 12.1 Å². The first-order chi connectivity index (χ1) is 11.4. The molecule has 0 aliphatic rings. The Hall–Kier alpha value is -2.54. The van der Waals surface area contributed by atoms with Crippen LogP contribution in [0.5, 0.6) is 11.5 Å². The Bertz CT molecular complexity index is 821. The van der Waals surface area contributed by atoms with E-state index in [4.69, 9.17) is 9.47 Å². The molecule has 0 saturated carbocycles. The highest BCUT2D eigenvalue weighted by atomic mass is 32.2. The molecule has 0 aliphatic carbocycles. The molecule has 0 saturated heterocycles. The van der Waals surface area contributed by atoms with Gasteiger partial charge in [0.1, 0.15) is 11.5 Å². The number of hydrogen-bond donors (Lipinski definition) is 1. The minimum atomic E-state index is -3.71. The van der Waals surface area contributed by atoms with Gasteiger partial charge in [0, 0.05) is 11.6 Å². The molecule has 0 spiro atoms. The standard InChI is InChI=1S/C17H20N2O4S/c1-12-5-7-17(8-6-12)24(20,21)19-18-13(2)14-9-15(22-3)11-16(10-14)23-4/h5-11,19H,1-4H3/b18-13+. The first-order valence-corrected chi connectivity index (χ1v) is 8.70. The van der Waals surface area contributed by atoms with Gasteiger partial charge in [-0.15, -0.1) is 0 Å². The fourth-order valence-electron chi connectivity index (χ4n) is 1.98. The van der Waals surface area contributed by atoms with Crippen LogP contribution in [0, 0.1) is 6.92 Å². The summed E-state index contributed by atoms with van der Waals surface area (Å²) in [6.45, 7) is 3.59. The van der Waals surface area contributed by atoms with E-state index in [1.807, 2.05) is 6.92 Å². The molecule has 1 N–H and O–H groups in total. The minimum Gasteiger partial charge on any atom is -0.497 e. The maximum Gasteiger partial charge on any atom is 0.276 e. The highest BCUT2D eigenvalue weighted by molar-refractivity contribution is 7.89. The van der Waals surface area contributed by atoms with Crippen molar-refractivity contribution in [1.29, 1.82) is 0 Å². The van der Waals surface area contributed by atoms with Gasteiger partial charge in [0.2, 0.25) is 0 Å². The Morgan fingerprint density at radius 2 is 1.54 bits per heavy atom. The Labute approximate surface area is 142 Å². The summed E-state index contributed by atoms with van der Waals surface area (Å²) in [7, 11) is -0.618. The van der Waals surface area contributed by atoms with Crippen molar-refractivity contribution in [1.82, 2.24) is 4.83 Å². The average Bonchev–Trinajstić information content (AvgIpc) is 2.59. The van der Waals surface area contributed by atoms with Crippen LogP contribution in [0.1, 0.15) is 18.1 Å². The van der Waals surface area contributed by atoms with Gasteiger partial charge < -0.3 is 9.47 Å². The van der Waals surface area contributed by atoms with E-state index in [0.29, 0.717) is 22.8 Å². The molecule has 0 aromatic heterocycles. The third-order valence-electron chi connectivity index (χ3n) is 3.43. The largest absolute Gasteiger partial charge is 0.497 e. The van der Waals surface area contributed by atoms with Crippen LogP contribution in [0.4, 0.5) is 0 Å². The van der Waals surface area contributed by atoms with Gasteiger partial charge in [0.25, 0.3) is 10.0 Å². The number of hydrazone groups is 1. The van der Waals surface area contributed by atoms with E-state index in [1.54, 1.807) is 51.5 Å². The first kappa shape index (κ1) is 17.8. The second kappa shape index (κ2) is 7.35. The fraction of sp³-hybridized carbons (Fsp3) is 0.235. The summed E-state index contributed by atoms with van der Waals surface area (Å²) in [5, 5.41) is 3.98. The van der Waals surface area contributed by atoms with E-state index >= 15 is 0 Å². The smallest absolute Gasteiger partial charge is 0.276 e. The molecule has 0 fully saturated rings. The van der Waals surface area contributed by atoms with Crippen LogP contribution in [-0.4, -0.2) is 28.3 Å². The van der Waals surface area contributed by atoms with Gasteiger partial charge in [-0.05, 0) is 38.1 Å². The summed E-state index contributed by atoms with van der Waals surface area (Å²) in [6.07, 6.45) is 0. The summed E-state index contributed by atoms with van der Waals surface area (Å²) >= 11 is 0. The predicted molar refractivity (Wildman–Crippen MR) is 93.3 cm³/mol. The van der Waals surface area contributed by atoms with Crippen LogP contribution in [0.25, 0.3) is 0 Å². The van der Waals surface area contributed by atoms with Crippen molar-refractivity contribution in [3.63, 3.8) is 0 Å². The van der Waals surface area contributed by atoms with Crippen LogP contribution >= 0.6 is 0 Å². The Morgan fingerprint density at radius 3 is 2.04 bits per heavy atom. The number of aryl methyl sites for hydroxylation is 1. The maximum absolute atomic E-state index is 12.3. The van der Waals surface area contributed by atoms with Gasteiger partial charge in [-0.3, -0.25) is 0 Å². The molecule has 0 bridgehead atoms. The lowest BCUT2D eigenvalue weighted by atomic mass is 10.1. The molecule has 7 heteroatoms. The lowest BCUT2D eigenvalue weighted by molar-refractivity contribution is 0.394. The quantitative estimate of drug-likeness (QED) is 0.643. The van der Waals surface area contributed by atoms with E-state index in [0.717, 1.165) is 5.56 Å². The van der Waals surface area contributed by atoms with Crippen molar-refractivity contribution in [3.8, 4) is 11.5 Å². The molecule has 0 amide bonds. The SMILES string of the molecule is COc1cc(OC)cc(/C(C)=N/NS(=O)(=O)c2ccc(C)cc2)c1. The Balaban J connectivity index is 2.26. The maximum atomic E-state index is 12.3. The van der Waals surface area contributed by atoms with Gasteiger partial charge >= 0.3 is 0 Å². The summed E-state index contributed by atoms with van der Waals surface area (Å²) in [5.74, 6) is 1.19. The topological polar surface area (TPSA) is 77.0 Å². The van der Waals surface area contributed by atoms with Gasteiger partial charge in [-0.1, -0.05) is 17.7 Å². The van der Waals surface area contributed by atoms with Crippen molar-refractivity contribution in [3.05, 3.63) is 53.6 Å². The Kier molecular flexibility index (Phi) is 5.46. The number of methoxy groups -OCH3 is 2. The fourth-order valence-corrected chi connectivity index (χ4v) is 2.84. The van der Waals surface area contributed by atoms with E-state index < -0.39 is 10.0 Å². The van der Waals surface area contributed by atoms with E-state index in [9.17, 15) is 8.42 Å². The third-order valence-corrected chi connectivity index (χ3v) is 4.66. The zero-order valence-electron chi connectivity index (χ0n) is 14.0. The van der Waals surface area contributed by atoms with E-state index in [2.05, 4.69) is 9.93 Å². The number of benzene rings is 2. The van der Waals surface area contributed by atoms with Crippen LogP contribution in [0.2, 0.25) is 0 Å². The molecule has 2 aromatic carbocycles. The number of hydrogen-bond acceptors (Lipinski definition) is 5. The second-order valence-corrected chi connectivity index (χ2v) is 6.87. The molecule has 0 unspecified atom stereocenters. The normalized spacial score (nSPS) is 11.9. The molecule has 6 nitrogen and oxygen atoms in total. The molecule has 24 heavy (non-hydrogen) atoms. The molecule has 128 valence electrons. The van der Waals surface area contributed by atoms with Crippen molar-refractivity contribution < 1.29 is 17.9 Å².